The summed E-state index contributed by atoms with van der Waals surface area (Å²) in [5.74, 6) is -0.999. The number of carbonyl (C=O) groups excluding carboxylic acids is 3. The van der Waals surface area contributed by atoms with Gasteiger partial charge in [0.05, 0.1) is 18.4 Å². The number of ether oxygens (including phenoxy) is 1. The topological polar surface area (TPSA) is 95.6 Å². The minimum Gasteiger partial charge on any atom is -0.496 e. The van der Waals surface area contributed by atoms with Gasteiger partial charge in [0.1, 0.15) is 5.75 Å². The third-order valence-electron chi connectivity index (χ3n) is 5.63. The van der Waals surface area contributed by atoms with E-state index in [0.717, 1.165) is 5.56 Å². The van der Waals surface area contributed by atoms with Gasteiger partial charge < -0.3 is 14.5 Å². The van der Waals surface area contributed by atoms with E-state index in [2.05, 4.69) is 10.2 Å². The Morgan fingerprint density at radius 3 is 2.50 bits per heavy atom. The molecule has 1 aromatic heterocycles. The lowest BCUT2D eigenvalue weighted by Crippen LogP contribution is -2.56. The molecule has 2 amide bonds. The minimum atomic E-state index is -0.634. The second-order valence-electron chi connectivity index (χ2n) is 7.67. The van der Waals surface area contributed by atoms with E-state index in [9.17, 15) is 14.4 Å². The highest BCUT2D eigenvalue weighted by atomic mass is 16.5. The van der Waals surface area contributed by atoms with Crippen molar-refractivity contribution in [2.45, 2.75) is 13.0 Å². The third-order valence-corrected chi connectivity index (χ3v) is 5.63. The molecule has 1 fully saturated rings. The summed E-state index contributed by atoms with van der Waals surface area (Å²) in [7, 11) is 1.46. The molecule has 2 heterocycles. The molecule has 1 atom stereocenters. The van der Waals surface area contributed by atoms with Crippen molar-refractivity contribution in [3.05, 3.63) is 71.9 Å². The molecule has 1 N–H and O–H groups in total. The van der Waals surface area contributed by atoms with E-state index in [1.165, 1.54) is 12.0 Å². The first-order chi connectivity index (χ1) is 15.5. The minimum absolute atomic E-state index is 0.0773. The van der Waals surface area contributed by atoms with E-state index in [1.54, 1.807) is 47.5 Å². The summed E-state index contributed by atoms with van der Waals surface area (Å²) in [5.41, 5.74) is 2.29. The van der Waals surface area contributed by atoms with Crippen LogP contribution in [0.4, 0.5) is 0 Å². The molecule has 1 aliphatic rings. The summed E-state index contributed by atoms with van der Waals surface area (Å²) >= 11 is 0. The molecule has 8 heteroatoms. The molecule has 1 aliphatic heterocycles. The molecule has 32 heavy (non-hydrogen) atoms. The van der Waals surface area contributed by atoms with E-state index >= 15 is 0 Å². The Morgan fingerprint density at radius 2 is 1.84 bits per heavy atom. The highest BCUT2D eigenvalue weighted by molar-refractivity contribution is 6.43. The lowest BCUT2D eigenvalue weighted by atomic mass is 10.0. The number of methoxy groups -OCH3 is 1. The van der Waals surface area contributed by atoms with Crippen LogP contribution in [0.1, 0.15) is 27.6 Å². The van der Waals surface area contributed by atoms with E-state index in [0.29, 0.717) is 30.1 Å². The Balaban J connectivity index is 1.48. The number of nitrogens with one attached hydrogen (secondary N) is 1. The fourth-order valence-electron chi connectivity index (χ4n) is 3.91. The molecular formula is C24H24N4O4. The van der Waals surface area contributed by atoms with Crippen LogP contribution in [-0.4, -0.2) is 70.4 Å². The Hall–Kier alpha value is -3.94. The van der Waals surface area contributed by atoms with E-state index in [1.807, 2.05) is 25.1 Å². The van der Waals surface area contributed by atoms with Crippen LogP contribution in [0.2, 0.25) is 0 Å². The van der Waals surface area contributed by atoms with E-state index < -0.39 is 11.7 Å². The van der Waals surface area contributed by atoms with Gasteiger partial charge in [-0.3, -0.25) is 19.5 Å². The lowest BCUT2D eigenvalue weighted by molar-refractivity contribution is -0.130. The Bertz CT molecular complexity index is 1130. The van der Waals surface area contributed by atoms with Crippen molar-refractivity contribution >= 4 is 17.6 Å². The van der Waals surface area contributed by atoms with Crippen molar-refractivity contribution in [2.75, 3.05) is 26.7 Å². The van der Waals surface area contributed by atoms with E-state index in [-0.39, 0.29) is 24.1 Å². The fourth-order valence-corrected chi connectivity index (χ4v) is 3.91. The average molecular weight is 432 g/mol. The SMILES string of the molecule is COc1cc(-c2cc[nH]n2)ccc1C(=O)C(=O)N1CCN(C(=O)c2ccccc2)C[C@H]1C. The standard InChI is InChI=1S/C24H24N4O4/c1-16-15-27(23(30)17-6-4-3-5-7-17)12-13-28(16)24(31)22(29)19-9-8-18(14-21(19)32-2)20-10-11-25-26-20/h3-11,14,16H,12-13,15H2,1-2H3,(H,25,26)/t16-/m1/s1. The smallest absolute Gasteiger partial charge is 0.295 e. The molecule has 0 radical (unpaired) electrons. The highest BCUT2D eigenvalue weighted by Gasteiger charge is 2.34. The summed E-state index contributed by atoms with van der Waals surface area (Å²) < 4.78 is 5.38. The monoisotopic (exact) mass is 432 g/mol. The zero-order valence-electron chi connectivity index (χ0n) is 17.9. The number of rotatable bonds is 5. The Morgan fingerprint density at radius 1 is 1.06 bits per heavy atom. The van der Waals surface area contributed by atoms with Crippen LogP contribution in [0, 0.1) is 0 Å². The third kappa shape index (κ3) is 4.12. The predicted octanol–water partition coefficient (Wildman–Crippen LogP) is 2.64. The van der Waals surface area contributed by atoms with Crippen LogP contribution in [0.3, 0.4) is 0 Å². The van der Waals surface area contributed by atoms with Gasteiger partial charge >= 0.3 is 0 Å². The maximum absolute atomic E-state index is 13.0. The van der Waals surface area contributed by atoms with Crippen molar-refractivity contribution in [2.24, 2.45) is 0 Å². The number of aromatic nitrogens is 2. The molecule has 2 aromatic carbocycles. The van der Waals surface area contributed by atoms with Crippen molar-refractivity contribution in [3.8, 4) is 17.0 Å². The molecule has 0 unspecified atom stereocenters. The van der Waals surface area contributed by atoms with Gasteiger partial charge in [-0.2, -0.15) is 5.10 Å². The van der Waals surface area contributed by atoms with Gasteiger partial charge in [0, 0.05) is 43.0 Å². The first-order valence-electron chi connectivity index (χ1n) is 10.4. The average Bonchev–Trinajstić information content (AvgIpc) is 3.38. The first-order valence-corrected chi connectivity index (χ1v) is 10.4. The number of ketones is 1. The number of benzene rings is 2. The summed E-state index contributed by atoms with van der Waals surface area (Å²) in [5, 5.41) is 6.87. The van der Waals surface area contributed by atoms with Gasteiger partial charge in [-0.05, 0) is 37.3 Å². The molecule has 0 aliphatic carbocycles. The van der Waals surface area contributed by atoms with Gasteiger partial charge in [-0.1, -0.05) is 24.3 Å². The van der Waals surface area contributed by atoms with Gasteiger partial charge in [-0.25, -0.2) is 0 Å². The lowest BCUT2D eigenvalue weighted by Gasteiger charge is -2.39. The Labute approximate surface area is 185 Å². The molecule has 1 saturated heterocycles. The maximum Gasteiger partial charge on any atom is 0.295 e. The van der Waals surface area contributed by atoms with E-state index in [4.69, 9.17) is 4.74 Å². The number of nitrogens with zero attached hydrogens (tertiary/aromatic N) is 3. The van der Waals surface area contributed by atoms with Crippen molar-refractivity contribution in [3.63, 3.8) is 0 Å². The molecule has 8 nitrogen and oxygen atoms in total. The van der Waals surface area contributed by atoms with Crippen LogP contribution in [-0.2, 0) is 4.79 Å². The number of piperazine rings is 1. The molecule has 4 rings (SSSR count). The number of carbonyl (C=O) groups is 3. The fraction of sp³-hybridized carbons (Fsp3) is 0.250. The predicted molar refractivity (Wildman–Crippen MR) is 118 cm³/mol. The molecular weight excluding hydrogens is 408 g/mol. The van der Waals surface area contributed by atoms with Crippen molar-refractivity contribution < 1.29 is 19.1 Å². The molecule has 164 valence electrons. The number of amides is 2. The summed E-state index contributed by atoms with van der Waals surface area (Å²) in [6, 6.07) is 15.6. The molecule has 3 aromatic rings. The maximum atomic E-state index is 13.0. The van der Waals surface area contributed by atoms with Gasteiger partial charge in [-0.15, -0.1) is 0 Å². The zero-order chi connectivity index (χ0) is 22.7. The summed E-state index contributed by atoms with van der Waals surface area (Å²) in [6.07, 6.45) is 1.70. The number of hydrogen-bond acceptors (Lipinski definition) is 5. The number of Topliss-reactive ketones (excluding diaryl/α,β-unsaturated/α-hetero) is 1. The number of aromatic amines is 1. The largest absolute Gasteiger partial charge is 0.496 e. The first kappa shape index (κ1) is 21.3. The highest BCUT2D eigenvalue weighted by Crippen LogP contribution is 2.27. The quantitative estimate of drug-likeness (QED) is 0.494. The summed E-state index contributed by atoms with van der Waals surface area (Å²) in [4.78, 5) is 42.0. The zero-order valence-corrected chi connectivity index (χ0v) is 17.9. The van der Waals surface area contributed by atoms with Crippen LogP contribution >= 0.6 is 0 Å². The van der Waals surface area contributed by atoms with Crippen LogP contribution in [0.25, 0.3) is 11.3 Å². The second kappa shape index (κ2) is 9.05. The van der Waals surface area contributed by atoms with Crippen molar-refractivity contribution in [1.29, 1.82) is 0 Å². The van der Waals surface area contributed by atoms with Gasteiger partial charge in [0.2, 0.25) is 0 Å². The molecule has 0 bridgehead atoms. The Kier molecular flexibility index (Phi) is 6.02. The summed E-state index contributed by atoms with van der Waals surface area (Å²) in [6.45, 7) is 2.86. The normalized spacial score (nSPS) is 16.0. The number of H-pyrrole nitrogens is 1. The second-order valence-corrected chi connectivity index (χ2v) is 7.67. The van der Waals surface area contributed by atoms with Crippen LogP contribution in [0.15, 0.2) is 60.8 Å². The van der Waals surface area contributed by atoms with Gasteiger partial charge in [0.25, 0.3) is 17.6 Å². The van der Waals surface area contributed by atoms with Crippen molar-refractivity contribution in [1.82, 2.24) is 20.0 Å². The number of hydrogen-bond donors (Lipinski definition) is 1. The molecule has 0 saturated carbocycles. The van der Waals surface area contributed by atoms with Gasteiger partial charge in [0.15, 0.2) is 0 Å². The van der Waals surface area contributed by atoms with Crippen LogP contribution in [0.5, 0.6) is 5.75 Å². The van der Waals surface area contributed by atoms with Crippen LogP contribution < -0.4 is 4.74 Å². The molecule has 0 spiro atoms.